The number of hydrogen-bond donors (Lipinski definition) is 2. The van der Waals surface area contributed by atoms with Gasteiger partial charge in [-0.25, -0.2) is 0 Å². The van der Waals surface area contributed by atoms with Crippen molar-refractivity contribution in [2.75, 3.05) is 11.9 Å². The van der Waals surface area contributed by atoms with Crippen LogP contribution in [0.5, 0.6) is 0 Å². The molecule has 3 aliphatic heterocycles. The quantitative estimate of drug-likeness (QED) is 0.321. The van der Waals surface area contributed by atoms with Crippen LogP contribution < -0.4 is 10.6 Å². The Hall–Kier alpha value is -2.38. The van der Waals surface area contributed by atoms with E-state index in [1.807, 2.05) is 25.1 Å². The zero-order valence-corrected chi connectivity index (χ0v) is 24.3. The lowest BCUT2D eigenvalue weighted by atomic mass is 9.73. The van der Waals surface area contributed by atoms with Crippen LogP contribution in [0, 0.1) is 30.6 Å². The Morgan fingerprint density at radius 3 is 2.69 bits per heavy atom. The van der Waals surface area contributed by atoms with Crippen LogP contribution in [0.2, 0.25) is 5.02 Å². The number of unbranched alkanes of at least 4 members (excludes halogenated alkanes) is 3. The molecule has 8 atom stereocenters. The number of nitrogens with one attached hydrogen (secondary N) is 2. The molecule has 8 heteroatoms. The summed E-state index contributed by atoms with van der Waals surface area (Å²) in [4.78, 5) is 43.4. The molecule has 39 heavy (non-hydrogen) atoms. The van der Waals surface area contributed by atoms with Crippen LogP contribution in [0.3, 0.4) is 0 Å². The summed E-state index contributed by atoms with van der Waals surface area (Å²) < 4.78 is 6.48. The van der Waals surface area contributed by atoms with Crippen LogP contribution in [-0.2, 0) is 19.1 Å². The zero-order valence-electron chi connectivity index (χ0n) is 23.5. The number of amides is 3. The third-order valence-electron chi connectivity index (χ3n) is 9.65. The van der Waals surface area contributed by atoms with E-state index in [0.717, 1.165) is 44.1 Å². The van der Waals surface area contributed by atoms with Gasteiger partial charge in [0, 0.05) is 23.3 Å². The molecule has 0 unspecified atom stereocenters. The molecular formula is C31H42ClN3O4. The first-order valence-corrected chi connectivity index (χ1v) is 15.1. The van der Waals surface area contributed by atoms with Gasteiger partial charge in [-0.2, -0.15) is 0 Å². The number of ether oxygens (including phenoxy) is 1. The Labute approximate surface area is 237 Å². The molecule has 5 rings (SSSR count). The van der Waals surface area contributed by atoms with Gasteiger partial charge in [-0.1, -0.05) is 82.7 Å². The van der Waals surface area contributed by atoms with E-state index in [4.69, 9.17) is 16.3 Å². The lowest BCUT2D eigenvalue weighted by Crippen LogP contribution is -2.58. The summed E-state index contributed by atoms with van der Waals surface area (Å²) in [7, 11) is 0. The number of carbonyl (C=O) groups excluding carboxylic acids is 3. The zero-order chi connectivity index (χ0) is 27.9. The maximum absolute atomic E-state index is 14.1. The average Bonchev–Trinajstić information content (AvgIpc) is 3.54. The van der Waals surface area contributed by atoms with Gasteiger partial charge >= 0.3 is 0 Å². The summed E-state index contributed by atoms with van der Waals surface area (Å²) in [6.45, 7) is 8.97. The van der Waals surface area contributed by atoms with Crippen molar-refractivity contribution in [3.05, 3.63) is 40.9 Å². The van der Waals surface area contributed by atoms with Gasteiger partial charge in [0.15, 0.2) is 0 Å². The minimum absolute atomic E-state index is 0.0710. The fourth-order valence-electron chi connectivity index (χ4n) is 7.16. The predicted octanol–water partition coefficient (Wildman–Crippen LogP) is 5.26. The molecule has 2 N–H and O–H groups in total. The smallest absolute Gasteiger partial charge is 0.246 e. The van der Waals surface area contributed by atoms with Gasteiger partial charge in [0.1, 0.15) is 11.6 Å². The lowest BCUT2D eigenvalue weighted by molar-refractivity contribution is -0.141. The Bertz CT molecular complexity index is 1150. The van der Waals surface area contributed by atoms with Gasteiger partial charge in [0.25, 0.3) is 0 Å². The molecule has 2 bridgehead atoms. The molecule has 212 valence electrons. The summed E-state index contributed by atoms with van der Waals surface area (Å²) in [6, 6.07) is 4.66. The Balaban J connectivity index is 1.41. The molecule has 1 aromatic carbocycles. The van der Waals surface area contributed by atoms with E-state index >= 15 is 0 Å². The van der Waals surface area contributed by atoms with Crippen molar-refractivity contribution in [2.45, 2.75) is 96.4 Å². The number of fused-ring (bicyclic) bond motifs is 1. The average molecular weight is 556 g/mol. The highest BCUT2D eigenvalue weighted by molar-refractivity contribution is 6.31. The predicted molar refractivity (Wildman–Crippen MR) is 152 cm³/mol. The number of aryl methyl sites for hydroxylation is 1. The first kappa shape index (κ1) is 28.2. The van der Waals surface area contributed by atoms with Gasteiger partial charge in [-0.3, -0.25) is 14.4 Å². The van der Waals surface area contributed by atoms with Gasteiger partial charge in [-0.05, 0) is 49.3 Å². The minimum Gasteiger partial charge on any atom is -0.359 e. The number of likely N-dealkylation sites (tertiary alicyclic amines) is 1. The van der Waals surface area contributed by atoms with Crippen LogP contribution in [0.4, 0.5) is 5.69 Å². The first-order chi connectivity index (χ1) is 18.7. The molecule has 3 amide bonds. The van der Waals surface area contributed by atoms with Crippen LogP contribution >= 0.6 is 11.6 Å². The largest absolute Gasteiger partial charge is 0.359 e. The standard InChI is InChI=1S/C31H42ClN3O4/c1-5-6-7-8-16-35-27(29(37)34-23-11-9-10-18(2)20(23)4)31-15-14-24(39-31)25(26(31)30(35)38)28(36)33-21-13-12-19(3)22(32)17-21/h12-15,17-18,20,23-27H,5-11,16H2,1-4H3,(H,33,36)(H,34,37)/t18-,20-,23+,24-,25+,26-,27-,31-/m0/s1. The summed E-state index contributed by atoms with van der Waals surface area (Å²) >= 11 is 6.28. The number of anilines is 1. The van der Waals surface area contributed by atoms with Crippen molar-refractivity contribution in [2.24, 2.45) is 23.7 Å². The third-order valence-corrected chi connectivity index (χ3v) is 10.1. The Kier molecular flexibility index (Phi) is 8.12. The van der Waals surface area contributed by atoms with Gasteiger partial charge < -0.3 is 20.3 Å². The summed E-state index contributed by atoms with van der Waals surface area (Å²) in [5.74, 6) is -1.17. The number of nitrogens with zero attached hydrogens (tertiary/aromatic N) is 1. The molecule has 1 aliphatic carbocycles. The van der Waals surface area contributed by atoms with Crippen molar-refractivity contribution in [3.8, 4) is 0 Å². The molecule has 1 saturated carbocycles. The van der Waals surface area contributed by atoms with E-state index in [9.17, 15) is 14.4 Å². The van der Waals surface area contributed by atoms with Crippen molar-refractivity contribution in [1.29, 1.82) is 0 Å². The van der Waals surface area contributed by atoms with Gasteiger partial charge in [0.05, 0.1) is 17.9 Å². The first-order valence-electron chi connectivity index (χ1n) is 14.7. The number of benzene rings is 1. The minimum atomic E-state index is -1.13. The van der Waals surface area contributed by atoms with E-state index in [0.29, 0.717) is 29.1 Å². The molecule has 1 aromatic rings. The van der Waals surface area contributed by atoms with E-state index < -0.39 is 29.6 Å². The molecule has 3 fully saturated rings. The van der Waals surface area contributed by atoms with Crippen molar-refractivity contribution in [3.63, 3.8) is 0 Å². The second-order valence-electron chi connectivity index (χ2n) is 12.1. The number of hydrogen-bond acceptors (Lipinski definition) is 4. The Morgan fingerprint density at radius 1 is 1.15 bits per heavy atom. The highest BCUT2D eigenvalue weighted by atomic mass is 35.5. The van der Waals surface area contributed by atoms with E-state index in [1.165, 1.54) is 6.42 Å². The van der Waals surface area contributed by atoms with Crippen molar-refractivity contribution in [1.82, 2.24) is 10.2 Å². The van der Waals surface area contributed by atoms with E-state index in [2.05, 4.69) is 31.4 Å². The lowest BCUT2D eigenvalue weighted by Gasteiger charge is -2.38. The van der Waals surface area contributed by atoms with Crippen LogP contribution in [0.15, 0.2) is 30.4 Å². The molecular weight excluding hydrogens is 514 g/mol. The summed E-state index contributed by atoms with van der Waals surface area (Å²) in [6.07, 6.45) is 10.3. The maximum atomic E-state index is 14.1. The van der Waals surface area contributed by atoms with Crippen molar-refractivity contribution < 1.29 is 19.1 Å². The maximum Gasteiger partial charge on any atom is 0.246 e. The van der Waals surface area contributed by atoms with Gasteiger partial charge in [0.2, 0.25) is 17.7 Å². The summed E-state index contributed by atoms with van der Waals surface area (Å²) in [5, 5.41) is 6.83. The van der Waals surface area contributed by atoms with Crippen molar-refractivity contribution >= 4 is 35.0 Å². The van der Waals surface area contributed by atoms with E-state index in [1.54, 1.807) is 17.0 Å². The number of rotatable bonds is 9. The molecule has 3 heterocycles. The SMILES string of the molecule is CCCCCCN1C(=O)[C@@H]2[C@H](C(=O)Nc3ccc(C)c(Cl)c3)[C@@H]3C=C[C@@]2(O3)[C@@H]1C(=O)N[C@@H]1CCC[C@H](C)[C@@H]1C. The van der Waals surface area contributed by atoms with E-state index in [-0.39, 0.29) is 23.8 Å². The molecule has 0 aromatic heterocycles. The van der Waals surface area contributed by atoms with Crippen LogP contribution in [0.25, 0.3) is 0 Å². The summed E-state index contributed by atoms with van der Waals surface area (Å²) in [5.41, 5.74) is 0.362. The monoisotopic (exact) mass is 555 g/mol. The third kappa shape index (κ3) is 5.01. The fraction of sp³-hybridized carbons (Fsp3) is 0.645. The highest BCUT2D eigenvalue weighted by Gasteiger charge is 2.72. The number of carbonyl (C=O) groups is 3. The fourth-order valence-corrected chi connectivity index (χ4v) is 7.34. The Morgan fingerprint density at radius 2 is 1.95 bits per heavy atom. The topological polar surface area (TPSA) is 87.7 Å². The second-order valence-corrected chi connectivity index (χ2v) is 12.5. The molecule has 7 nitrogen and oxygen atoms in total. The second kappa shape index (κ2) is 11.2. The molecule has 2 saturated heterocycles. The molecule has 4 aliphatic rings. The van der Waals surface area contributed by atoms with Gasteiger partial charge in [-0.15, -0.1) is 0 Å². The molecule has 1 spiro atoms. The van der Waals surface area contributed by atoms with Crippen LogP contribution in [0.1, 0.15) is 71.3 Å². The highest BCUT2D eigenvalue weighted by Crippen LogP contribution is 2.55. The normalized spacial score (nSPS) is 34.8. The molecule has 0 radical (unpaired) electrons. The van der Waals surface area contributed by atoms with Crippen LogP contribution in [-0.4, -0.2) is 53.0 Å². The number of halogens is 1.